The Morgan fingerprint density at radius 2 is 1.58 bits per heavy atom. The van der Waals surface area contributed by atoms with Crippen molar-refractivity contribution in [2.45, 2.75) is 91.3 Å². The molecule has 0 heterocycles. The highest BCUT2D eigenvalue weighted by molar-refractivity contribution is 4.69. The predicted octanol–water partition coefficient (Wildman–Crippen LogP) is 4.70. The van der Waals surface area contributed by atoms with Crippen molar-refractivity contribution in [2.24, 2.45) is 5.92 Å². The number of aliphatic hydroxyl groups excluding tert-OH is 2. The highest BCUT2D eigenvalue weighted by Gasteiger charge is 2.05. The van der Waals surface area contributed by atoms with Gasteiger partial charge in [0, 0.05) is 0 Å². The van der Waals surface area contributed by atoms with E-state index < -0.39 is 0 Å². The van der Waals surface area contributed by atoms with Crippen LogP contribution in [0.2, 0.25) is 0 Å². The zero-order chi connectivity index (χ0) is 15.1. The average molecular weight is 272 g/mol. The Balaban J connectivity index is 0. The minimum Gasteiger partial charge on any atom is -0.393 e. The van der Waals surface area contributed by atoms with E-state index >= 15 is 0 Å². The van der Waals surface area contributed by atoms with Gasteiger partial charge in [-0.05, 0) is 38.5 Å². The first kappa shape index (κ1) is 21.0. The largest absolute Gasteiger partial charge is 0.393 e. The fourth-order valence-electron chi connectivity index (χ4n) is 2.16. The molecule has 3 unspecified atom stereocenters. The van der Waals surface area contributed by atoms with Crippen LogP contribution >= 0.6 is 0 Å². The molecule has 2 nitrogen and oxygen atoms in total. The third kappa shape index (κ3) is 17.7. The molecule has 0 aromatic heterocycles. The third-order valence-electron chi connectivity index (χ3n) is 3.29. The Labute approximate surface area is 120 Å². The van der Waals surface area contributed by atoms with E-state index in [1.54, 1.807) is 6.92 Å². The summed E-state index contributed by atoms with van der Waals surface area (Å²) in [6.45, 7) is 12.0. The van der Waals surface area contributed by atoms with E-state index in [2.05, 4.69) is 20.4 Å². The SMILES string of the molecule is C=CCCC(CC)CCC.CCCC(O)CC(C)O. The Bertz CT molecular complexity index is 178. The van der Waals surface area contributed by atoms with Crippen LogP contribution in [0.3, 0.4) is 0 Å². The maximum Gasteiger partial charge on any atom is 0.0564 e. The second kappa shape index (κ2) is 15.7. The summed E-state index contributed by atoms with van der Waals surface area (Å²) < 4.78 is 0. The van der Waals surface area contributed by atoms with Crippen LogP contribution in [0.1, 0.15) is 79.1 Å². The van der Waals surface area contributed by atoms with E-state index in [0.717, 1.165) is 18.8 Å². The standard InChI is InChI=1S/C10H20.C7H16O2/c1-4-7-9-10(6-3)8-5-2;1-3-4-7(9)5-6(2)8/h4,10H,1,5-9H2,2-3H3;6-9H,3-5H2,1-2H3. The Kier molecular flexibility index (Phi) is 17.3. The van der Waals surface area contributed by atoms with E-state index in [9.17, 15) is 0 Å². The van der Waals surface area contributed by atoms with Crippen molar-refractivity contribution in [2.75, 3.05) is 0 Å². The highest BCUT2D eigenvalue weighted by Crippen LogP contribution is 2.16. The van der Waals surface area contributed by atoms with Crippen molar-refractivity contribution in [3.63, 3.8) is 0 Å². The molecular formula is C17H36O2. The zero-order valence-electron chi connectivity index (χ0n) is 13.6. The van der Waals surface area contributed by atoms with Gasteiger partial charge < -0.3 is 10.2 Å². The summed E-state index contributed by atoms with van der Waals surface area (Å²) in [6.07, 6.45) is 10.2. The van der Waals surface area contributed by atoms with Gasteiger partial charge in [0.25, 0.3) is 0 Å². The third-order valence-corrected chi connectivity index (χ3v) is 3.29. The van der Waals surface area contributed by atoms with Crippen molar-refractivity contribution >= 4 is 0 Å². The van der Waals surface area contributed by atoms with Gasteiger partial charge in [-0.1, -0.05) is 52.5 Å². The summed E-state index contributed by atoms with van der Waals surface area (Å²) in [5.74, 6) is 0.947. The molecule has 2 heteroatoms. The molecule has 3 atom stereocenters. The lowest BCUT2D eigenvalue weighted by molar-refractivity contribution is 0.0848. The van der Waals surface area contributed by atoms with E-state index in [1.807, 2.05) is 13.0 Å². The molecule has 0 rings (SSSR count). The van der Waals surface area contributed by atoms with Crippen LogP contribution in [-0.2, 0) is 0 Å². The van der Waals surface area contributed by atoms with Crippen LogP contribution in [0, 0.1) is 5.92 Å². The first-order valence-electron chi connectivity index (χ1n) is 7.98. The summed E-state index contributed by atoms with van der Waals surface area (Å²) in [5, 5.41) is 17.8. The molecule has 0 saturated carbocycles. The first-order valence-corrected chi connectivity index (χ1v) is 7.98. The number of hydrogen-bond donors (Lipinski definition) is 2. The van der Waals surface area contributed by atoms with Gasteiger partial charge in [-0.25, -0.2) is 0 Å². The van der Waals surface area contributed by atoms with Crippen LogP contribution < -0.4 is 0 Å². The van der Waals surface area contributed by atoms with Crippen molar-refractivity contribution in [1.29, 1.82) is 0 Å². The second-order valence-corrected chi connectivity index (χ2v) is 5.46. The monoisotopic (exact) mass is 272 g/mol. The normalized spacial score (nSPS) is 15.1. The van der Waals surface area contributed by atoms with E-state index in [0.29, 0.717) is 6.42 Å². The topological polar surface area (TPSA) is 40.5 Å². The van der Waals surface area contributed by atoms with Gasteiger partial charge in [0.05, 0.1) is 12.2 Å². The molecule has 0 saturated heterocycles. The minimum absolute atomic E-state index is 0.310. The van der Waals surface area contributed by atoms with Gasteiger partial charge in [-0.2, -0.15) is 0 Å². The quantitative estimate of drug-likeness (QED) is 0.566. The van der Waals surface area contributed by atoms with Crippen LogP contribution in [-0.4, -0.2) is 22.4 Å². The van der Waals surface area contributed by atoms with Crippen molar-refractivity contribution < 1.29 is 10.2 Å². The number of allylic oxidation sites excluding steroid dienone is 1. The van der Waals surface area contributed by atoms with Crippen LogP contribution in [0.4, 0.5) is 0 Å². The minimum atomic E-state index is -0.369. The smallest absolute Gasteiger partial charge is 0.0564 e. The predicted molar refractivity (Wildman–Crippen MR) is 85.3 cm³/mol. The Morgan fingerprint density at radius 1 is 1.00 bits per heavy atom. The summed E-state index contributed by atoms with van der Waals surface area (Å²) in [7, 11) is 0. The molecule has 0 aliphatic heterocycles. The molecule has 0 aliphatic rings. The van der Waals surface area contributed by atoms with Crippen molar-refractivity contribution in [1.82, 2.24) is 0 Å². The maximum atomic E-state index is 9.06. The van der Waals surface area contributed by atoms with Crippen molar-refractivity contribution in [3.05, 3.63) is 12.7 Å². The summed E-state index contributed by atoms with van der Waals surface area (Å²) >= 11 is 0. The molecule has 0 aliphatic carbocycles. The molecule has 116 valence electrons. The van der Waals surface area contributed by atoms with Gasteiger partial charge in [0.15, 0.2) is 0 Å². The lowest BCUT2D eigenvalue weighted by atomic mass is 9.95. The fourth-order valence-corrected chi connectivity index (χ4v) is 2.16. The molecule has 0 spiro atoms. The summed E-state index contributed by atoms with van der Waals surface area (Å²) in [5.41, 5.74) is 0. The Hall–Kier alpha value is -0.340. The van der Waals surface area contributed by atoms with Gasteiger partial charge in [0.1, 0.15) is 0 Å². The maximum absolute atomic E-state index is 9.06. The molecule has 0 fully saturated rings. The number of rotatable bonds is 10. The molecule has 0 bridgehead atoms. The Morgan fingerprint density at radius 3 is 1.95 bits per heavy atom. The van der Waals surface area contributed by atoms with Gasteiger partial charge in [0.2, 0.25) is 0 Å². The van der Waals surface area contributed by atoms with E-state index in [-0.39, 0.29) is 12.2 Å². The fraction of sp³-hybridized carbons (Fsp3) is 0.882. The second-order valence-electron chi connectivity index (χ2n) is 5.46. The van der Waals surface area contributed by atoms with Crippen LogP contribution in [0.25, 0.3) is 0 Å². The van der Waals surface area contributed by atoms with Crippen molar-refractivity contribution in [3.8, 4) is 0 Å². The molecule has 0 aromatic rings. The number of aliphatic hydroxyl groups is 2. The lowest BCUT2D eigenvalue weighted by Gasteiger charge is -2.10. The zero-order valence-corrected chi connectivity index (χ0v) is 13.6. The van der Waals surface area contributed by atoms with E-state index in [4.69, 9.17) is 10.2 Å². The molecule has 0 aromatic carbocycles. The lowest BCUT2D eigenvalue weighted by Crippen LogP contribution is -2.13. The molecule has 0 amide bonds. The van der Waals surface area contributed by atoms with Crippen LogP contribution in [0.15, 0.2) is 12.7 Å². The average Bonchev–Trinajstić information content (AvgIpc) is 2.34. The van der Waals surface area contributed by atoms with Gasteiger partial charge in [-0.3, -0.25) is 0 Å². The van der Waals surface area contributed by atoms with E-state index in [1.165, 1.54) is 32.1 Å². The van der Waals surface area contributed by atoms with Gasteiger partial charge >= 0.3 is 0 Å². The summed E-state index contributed by atoms with van der Waals surface area (Å²) in [4.78, 5) is 0. The molecule has 0 radical (unpaired) electrons. The number of hydrogen-bond acceptors (Lipinski definition) is 2. The van der Waals surface area contributed by atoms with Crippen LogP contribution in [0.5, 0.6) is 0 Å². The highest BCUT2D eigenvalue weighted by atomic mass is 16.3. The molecule has 19 heavy (non-hydrogen) atoms. The van der Waals surface area contributed by atoms with Gasteiger partial charge in [-0.15, -0.1) is 6.58 Å². The summed E-state index contributed by atoms with van der Waals surface area (Å²) in [6, 6.07) is 0. The molecule has 2 N–H and O–H groups in total. The first-order chi connectivity index (χ1) is 9.01. The molecular weight excluding hydrogens is 236 g/mol.